The zero-order valence-corrected chi connectivity index (χ0v) is 26.0. The van der Waals surface area contributed by atoms with E-state index < -0.39 is 0 Å². The number of nitrogens with zero attached hydrogens (tertiary/aromatic N) is 12. The highest BCUT2D eigenvalue weighted by atomic mass is 16.5. The van der Waals surface area contributed by atoms with Crippen LogP contribution < -0.4 is 30.5 Å². The molecule has 0 atom stereocenters. The van der Waals surface area contributed by atoms with E-state index in [1.807, 2.05) is 24.3 Å². The third-order valence-corrected chi connectivity index (χ3v) is 8.28. The number of hydrogen-bond donors (Lipinski definition) is 2. The highest BCUT2D eigenvalue weighted by Gasteiger charge is 2.22. The Hall–Kier alpha value is -4.70. The van der Waals surface area contributed by atoms with Crippen LogP contribution in [0.4, 0.5) is 35.7 Å². The van der Waals surface area contributed by atoms with Crippen molar-refractivity contribution in [2.75, 3.05) is 109 Å². The van der Waals surface area contributed by atoms with Gasteiger partial charge in [-0.1, -0.05) is 24.3 Å². The number of anilines is 6. The van der Waals surface area contributed by atoms with Gasteiger partial charge in [0, 0.05) is 52.4 Å². The Bertz CT molecular complexity index is 1380. The van der Waals surface area contributed by atoms with E-state index in [-0.39, 0.29) is 0 Å². The minimum absolute atomic E-state index is 0.424. The highest BCUT2D eigenvalue weighted by Crippen LogP contribution is 2.22. The zero-order chi connectivity index (χ0) is 31.0. The standard InChI is InChI=1S/C30H40N14O2/c1-2-10-41(9-1)27-33-25(35-29(37-27)43-13-17-45-18-14-43)39-31-21-23-5-7-24(8-6-23)22-32-40-26-34-28(42-11-3-4-12-42)38-30(36-26)44-15-19-46-20-16-44/h5-8,21-22H,1-4,9-20H2,(H,33,35,37,39)(H,34,36,38,40). The molecule has 0 saturated carbocycles. The molecule has 7 rings (SSSR count). The molecular weight excluding hydrogens is 588 g/mol. The molecule has 16 nitrogen and oxygen atoms in total. The largest absolute Gasteiger partial charge is 0.378 e. The Morgan fingerprint density at radius 3 is 1.15 bits per heavy atom. The second-order valence-corrected chi connectivity index (χ2v) is 11.5. The smallest absolute Gasteiger partial charge is 0.250 e. The van der Waals surface area contributed by atoms with Crippen LogP contribution in [0.5, 0.6) is 0 Å². The summed E-state index contributed by atoms with van der Waals surface area (Å²) in [6.45, 7) is 9.45. The second-order valence-electron chi connectivity index (χ2n) is 11.5. The molecule has 4 aliphatic heterocycles. The number of nitrogens with one attached hydrogen (secondary N) is 2. The monoisotopic (exact) mass is 628 g/mol. The van der Waals surface area contributed by atoms with Gasteiger partial charge in [-0.2, -0.15) is 40.1 Å². The molecule has 0 spiro atoms. The highest BCUT2D eigenvalue weighted by molar-refractivity contribution is 5.84. The van der Waals surface area contributed by atoms with Crippen molar-refractivity contribution in [2.24, 2.45) is 10.2 Å². The maximum absolute atomic E-state index is 5.50. The lowest BCUT2D eigenvalue weighted by Crippen LogP contribution is -2.38. The first kappa shape index (κ1) is 30.0. The molecule has 6 heterocycles. The van der Waals surface area contributed by atoms with Gasteiger partial charge in [-0.05, 0) is 36.8 Å². The molecule has 16 heteroatoms. The molecule has 4 saturated heterocycles. The van der Waals surface area contributed by atoms with Gasteiger partial charge in [0.15, 0.2) is 0 Å². The number of hydrazone groups is 2. The quantitative estimate of drug-likeness (QED) is 0.247. The van der Waals surface area contributed by atoms with Crippen LogP contribution in [0, 0.1) is 0 Å². The summed E-state index contributed by atoms with van der Waals surface area (Å²) in [7, 11) is 0. The maximum Gasteiger partial charge on any atom is 0.250 e. The normalized spacial score (nSPS) is 19.1. The van der Waals surface area contributed by atoms with Gasteiger partial charge in [0.25, 0.3) is 0 Å². The molecule has 2 aromatic heterocycles. The van der Waals surface area contributed by atoms with Crippen molar-refractivity contribution in [3.05, 3.63) is 35.4 Å². The topological polar surface area (TPSA) is 158 Å². The summed E-state index contributed by atoms with van der Waals surface area (Å²) in [4.78, 5) is 36.7. The van der Waals surface area contributed by atoms with Crippen molar-refractivity contribution in [1.29, 1.82) is 0 Å². The Morgan fingerprint density at radius 1 is 0.478 bits per heavy atom. The van der Waals surface area contributed by atoms with Crippen LogP contribution in [0.3, 0.4) is 0 Å². The lowest BCUT2D eigenvalue weighted by atomic mass is 10.2. The SMILES string of the molecule is C(=NNc1nc(N2CCCC2)nc(N2CCOCC2)n1)c1ccc(C=NNc2nc(N3CCCC3)nc(N3CCOCC3)n2)cc1. The molecule has 1 aromatic carbocycles. The molecule has 0 aliphatic carbocycles. The minimum Gasteiger partial charge on any atom is -0.378 e. The molecule has 46 heavy (non-hydrogen) atoms. The van der Waals surface area contributed by atoms with Crippen molar-refractivity contribution < 1.29 is 9.47 Å². The maximum atomic E-state index is 5.50. The fourth-order valence-corrected chi connectivity index (χ4v) is 5.73. The van der Waals surface area contributed by atoms with Gasteiger partial charge in [-0.15, -0.1) is 0 Å². The van der Waals surface area contributed by atoms with Crippen molar-refractivity contribution in [3.63, 3.8) is 0 Å². The van der Waals surface area contributed by atoms with E-state index in [9.17, 15) is 0 Å². The van der Waals surface area contributed by atoms with E-state index in [4.69, 9.17) is 19.4 Å². The fraction of sp³-hybridized carbons (Fsp3) is 0.533. The van der Waals surface area contributed by atoms with Gasteiger partial charge < -0.3 is 29.1 Å². The minimum atomic E-state index is 0.424. The van der Waals surface area contributed by atoms with Crippen LogP contribution in [-0.4, -0.2) is 121 Å². The van der Waals surface area contributed by atoms with Crippen LogP contribution in [-0.2, 0) is 9.47 Å². The fourth-order valence-electron chi connectivity index (χ4n) is 5.73. The van der Waals surface area contributed by atoms with Crippen molar-refractivity contribution in [1.82, 2.24) is 29.9 Å². The molecular formula is C30H40N14O2. The molecule has 2 N–H and O–H groups in total. The Labute approximate surface area is 268 Å². The average molecular weight is 629 g/mol. The lowest BCUT2D eigenvalue weighted by molar-refractivity contribution is 0.122. The van der Waals surface area contributed by atoms with Gasteiger partial charge in [0.1, 0.15) is 0 Å². The van der Waals surface area contributed by atoms with Crippen molar-refractivity contribution >= 4 is 48.1 Å². The van der Waals surface area contributed by atoms with Gasteiger partial charge in [0.05, 0.1) is 38.9 Å². The van der Waals surface area contributed by atoms with E-state index in [0.717, 1.165) is 89.2 Å². The van der Waals surface area contributed by atoms with Crippen LogP contribution in [0.15, 0.2) is 34.5 Å². The number of aromatic nitrogens is 6. The molecule has 0 bridgehead atoms. The van der Waals surface area contributed by atoms with Crippen molar-refractivity contribution in [2.45, 2.75) is 25.7 Å². The summed E-state index contributed by atoms with van der Waals surface area (Å²) < 4.78 is 11.0. The number of hydrogen-bond acceptors (Lipinski definition) is 16. The van der Waals surface area contributed by atoms with Gasteiger partial charge in [-0.25, -0.2) is 10.9 Å². The Morgan fingerprint density at radius 2 is 0.804 bits per heavy atom. The van der Waals surface area contributed by atoms with Gasteiger partial charge in [-0.3, -0.25) is 0 Å². The zero-order valence-electron chi connectivity index (χ0n) is 26.0. The van der Waals surface area contributed by atoms with E-state index >= 15 is 0 Å². The van der Waals surface area contributed by atoms with Gasteiger partial charge in [0.2, 0.25) is 35.7 Å². The molecule has 242 valence electrons. The predicted molar refractivity (Wildman–Crippen MR) is 177 cm³/mol. The first-order valence-corrected chi connectivity index (χ1v) is 16.1. The summed E-state index contributed by atoms with van der Waals surface area (Å²) >= 11 is 0. The second kappa shape index (κ2) is 14.6. The molecule has 4 fully saturated rings. The van der Waals surface area contributed by atoms with E-state index in [2.05, 4.69) is 60.6 Å². The average Bonchev–Trinajstić information content (AvgIpc) is 3.86. The number of ether oxygens (including phenoxy) is 2. The Balaban J connectivity index is 0.986. The summed E-state index contributed by atoms with van der Waals surface area (Å²) in [6.07, 6.45) is 8.05. The molecule has 4 aliphatic rings. The van der Waals surface area contributed by atoms with Crippen LogP contribution in [0.25, 0.3) is 0 Å². The number of benzene rings is 1. The summed E-state index contributed by atoms with van der Waals surface area (Å²) in [5.41, 5.74) is 7.86. The number of rotatable bonds is 10. The first-order valence-electron chi connectivity index (χ1n) is 16.1. The third kappa shape index (κ3) is 7.56. The summed E-state index contributed by atoms with van der Waals surface area (Å²) in [5, 5.41) is 8.82. The summed E-state index contributed by atoms with van der Waals surface area (Å²) in [6, 6.07) is 7.89. The van der Waals surface area contributed by atoms with E-state index in [0.29, 0.717) is 62.1 Å². The lowest BCUT2D eigenvalue weighted by Gasteiger charge is -2.27. The first-order chi connectivity index (χ1) is 22.8. The van der Waals surface area contributed by atoms with E-state index in [1.165, 1.54) is 0 Å². The molecule has 0 unspecified atom stereocenters. The van der Waals surface area contributed by atoms with Crippen LogP contribution in [0.1, 0.15) is 36.8 Å². The molecule has 0 radical (unpaired) electrons. The predicted octanol–water partition coefficient (Wildman–Crippen LogP) is 1.82. The third-order valence-electron chi connectivity index (χ3n) is 8.28. The van der Waals surface area contributed by atoms with Crippen LogP contribution >= 0.6 is 0 Å². The van der Waals surface area contributed by atoms with Gasteiger partial charge >= 0.3 is 0 Å². The van der Waals surface area contributed by atoms with Crippen molar-refractivity contribution in [3.8, 4) is 0 Å². The Kier molecular flexibility index (Phi) is 9.51. The van der Waals surface area contributed by atoms with Crippen LogP contribution in [0.2, 0.25) is 0 Å². The molecule has 0 amide bonds. The molecule has 3 aromatic rings. The summed E-state index contributed by atoms with van der Waals surface area (Å²) in [5.74, 6) is 3.52. The van der Waals surface area contributed by atoms with E-state index in [1.54, 1.807) is 12.4 Å². The number of morpholine rings is 2.